The summed E-state index contributed by atoms with van der Waals surface area (Å²) in [5, 5.41) is 5.72. The number of nitrogens with zero attached hydrogens (tertiary/aromatic N) is 1. The van der Waals surface area contributed by atoms with Gasteiger partial charge in [0.05, 0.1) is 0 Å². The fourth-order valence-electron chi connectivity index (χ4n) is 3.38. The Hall–Kier alpha value is -0.380. The molecule has 2 aliphatic rings. The molecule has 1 atom stereocenters. The minimum Gasteiger partial charge on any atom is -0.317 e. The topological polar surface area (TPSA) is 15.3 Å². The molecule has 2 heterocycles. The summed E-state index contributed by atoms with van der Waals surface area (Å²) in [5.41, 5.74) is 0. The molecule has 1 aromatic heterocycles. The van der Waals surface area contributed by atoms with Crippen molar-refractivity contribution in [3.05, 3.63) is 22.4 Å². The van der Waals surface area contributed by atoms with E-state index in [1.165, 1.54) is 51.7 Å². The van der Waals surface area contributed by atoms with Crippen LogP contribution in [0.5, 0.6) is 0 Å². The van der Waals surface area contributed by atoms with Gasteiger partial charge in [-0.3, -0.25) is 4.90 Å². The van der Waals surface area contributed by atoms with Crippen molar-refractivity contribution in [3.8, 4) is 0 Å². The van der Waals surface area contributed by atoms with Crippen LogP contribution in [0, 0.1) is 5.92 Å². The first-order valence-corrected chi connectivity index (χ1v) is 8.76. The molecule has 3 heteroatoms. The maximum Gasteiger partial charge on any atom is 0.0441 e. The summed E-state index contributed by atoms with van der Waals surface area (Å²) < 4.78 is 0. The molecule has 0 spiro atoms. The third-order valence-electron chi connectivity index (χ3n) is 4.60. The largest absolute Gasteiger partial charge is 0.317 e. The van der Waals surface area contributed by atoms with Crippen molar-refractivity contribution in [2.45, 2.75) is 51.1 Å². The van der Waals surface area contributed by atoms with Gasteiger partial charge in [0.25, 0.3) is 0 Å². The van der Waals surface area contributed by atoms with Crippen LogP contribution >= 0.6 is 11.3 Å². The van der Waals surface area contributed by atoms with Gasteiger partial charge in [0.2, 0.25) is 0 Å². The molecular weight excluding hydrogens is 252 g/mol. The van der Waals surface area contributed by atoms with E-state index in [0.717, 1.165) is 12.0 Å². The van der Waals surface area contributed by atoms with Gasteiger partial charge in [0, 0.05) is 23.5 Å². The van der Waals surface area contributed by atoms with Crippen LogP contribution in [0.4, 0.5) is 0 Å². The lowest BCUT2D eigenvalue weighted by atomic mass is 9.96. The number of rotatable bonds is 6. The molecule has 1 saturated carbocycles. The van der Waals surface area contributed by atoms with Gasteiger partial charge in [-0.2, -0.15) is 0 Å². The second kappa shape index (κ2) is 6.38. The Morgan fingerprint density at radius 2 is 2.11 bits per heavy atom. The fourth-order valence-corrected chi connectivity index (χ4v) is 4.31. The second-order valence-corrected chi connectivity index (χ2v) is 7.04. The van der Waals surface area contributed by atoms with Crippen LogP contribution in [-0.2, 0) is 0 Å². The molecule has 19 heavy (non-hydrogen) atoms. The predicted molar refractivity (Wildman–Crippen MR) is 82.7 cm³/mol. The summed E-state index contributed by atoms with van der Waals surface area (Å²) in [5.74, 6) is 0.913. The lowest BCUT2D eigenvalue weighted by Gasteiger charge is -2.35. The Kier molecular flexibility index (Phi) is 4.57. The zero-order valence-corrected chi connectivity index (χ0v) is 12.8. The van der Waals surface area contributed by atoms with Gasteiger partial charge in [-0.15, -0.1) is 11.3 Å². The Morgan fingerprint density at radius 1 is 1.32 bits per heavy atom. The second-order valence-electron chi connectivity index (χ2n) is 6.06. The summed E-state index contributed by atoms with van der Waals surface area (Å²) in [7, 11) is 0. The van der Waals surface area contributed by atoms with Gasteiger partial charge in [0.1, 0.15) is 0 Å². The standard InChI is InChI=1S/C16H26N2S/c1-2-15(16-4-3-11-19-16)18(14-5-6-14)12-13-7-9-17-10-8-13/h3-4,11,13-15,17H,2,5-10,12H2,1H3. The zero-order valence-electron chi connectivity index (χ0n) is 12.0. The van der Waals surface area contributed by atoms with Gasteiger partial charge in [0.15, 0.2) is 0 Å². The van der Waals surface area contributed by atoms with Crippen LogP contribution < -0.4 is 5.32 Å². The molecule has 1 unspecified atom stereocenters. The number of thiophene rings is 1. The summed E-state index contributed by atoms with van der Waals surface area (Å²) in [6.45, 7) is 6.11. The molecule has 1 aliphatic heterocycles. The molecule has 2 nitrogen and oxygen atoms in total. The van der Waals surface area contributed by atoms with Crippen LogP contribution in [-0.4, -0.2) is 30.6 Å². The van der Waals surface area contributed by atoms with Crippen LogP contribution in [0.3, 0.4) is 0 Å². The van der Waals surface area contributed by atoms with Gasteiger partial charge < -0.3 is 5.32 Å². The van der Waals surface area contributed by atoms with E-state index >= 15 is 0 Å². The van der Waals surface area contributed by atoms with Crippen LogP contribution in [0.2, 0.25) is 0 Å². The molecule has 1 saturated heterocycles. The van der Waals surface area contributed by atoms with Gasteiger partial charge >= 0.3 is 0 Å². The first-order chi connectivity index (χ1) is 9.38. The summed E-state index contributed by atoms with van der Waals surface area (Å²) >= 11 is 1.94. The predicted octanol–water partition coefficient (Wildman–Crippen LogP) is 3.66. The van der Waals surface area contributed by atoms with Crippen molar-refractivity contribution in [3.63, 3.8) is 0 Å². The van der Waals surface area contributed by atoms with Gasteiger partial charge in [-0.25, -0.2) is 0 Å². The first-order valence-electron chi connectivity index (χ1n) is 7.88. The van der Waals surface area contributed by atoms with E-state index in [0.29, 0.717) is 6.04 Å². The molecule has 0 radical (unpaired) electrons. The molecule has 106 valence electrons. The first kappa shape index (κ1) is 13.6. The zero-order chi connectivity index (χ0) is 13.1. The van der Waals surface area contributed by atoms with E-state index in [9.17, 15) is 0 Å². The Balaban J connectivity index is 1.68. The fraction of sp³-hybridized carbons (Fsp3) is 0.750. The smallest absolute Gasteiger partial charge is 0.0441 e. The highest BCUT2D eigenvalue weighted by Gasteiger charge is 2.35. The van der Waals surface area contributed by atoms with E-state index < -0.39 is 0 Å². The minimum atomic E-state index is 0.669. The molecule has 2 fully saturated rings. The van der Waals surface area contributed by atoms with Crippen LogP contribution in [0.1, 0.15) is 49.9 Å². The number of hydrogen-bond acceptors (Lipinski definition) is 3. The van der Waals surface area contributed by atoms with Crippen molar-refractivity contribution in [2.75, 3.05) is 19.6 Å². The molecular formula is C16H26N2S. The molecule has 1 aliphatic carbocycles. The van der Waals surface area contributed by atoms with Crippen LogP contribution in [0.15, 0.2) is 17.5 Å². The average Bonchev–Trinajstić information content (AvgIpc) is 3.16. The monoisotopic (exact) mass is 278 g/mol. The Morgan fingerprint density at radius 3 is 2.68 bits per heavy atom. The molecule has 0 aromatic carbocycles. The van der Waals surface area contributed by atoms with Crippen molar-refractivity contribution in [1.82, 2.24) is 10.2 Å². The van der Waals surface area contributed by atoms with E-state index in [1.54, 1.807) is 4.88 Å². The Labute approximate surface area is 121 Å². The molecule has 1 aromatic rings. The van der Waals surface area contributed by atoms with Crippen molar-refractivity contribution < 1.29 is 0 Å². The SMILES string of the molecule is CCC(c1cccs1)N(CC1CCNCC1)C1CC1. The highest BCUT2D eigenvalue weighted by molar-refractivity contribution is 7.10. The molecule has 0 bridgehead atoms. The Bertz CT molecular complexity index is 366. The average molecular weight is 278 g/mol. The maximum atomic E-state index is 3.49. The lowest BCUT2D eigenvalue weighted by Crippen LogP contribution is -2.39. The number of hydrogen-bond donors (Lipinski definition) is 1. The van der Waals surface area contributed by atoms with E-state index in [2.05, 4.69) is 34.7 Å². The highest BCUT2D eigenvalue weighted by atomic mass is 32.1. The van der Waals surface area contributed by atoms with E-state index in [4.69, 9.17) is 0 Å². The van der Waals surface area contributed by atoms with Crippen molar-refractivity contribution >= 4 is 11.3 Å². The van der Waals surface area contributed by atoms with Crippen molar-refractivity contribution in [1.29, 1.82) is 0 Å². The molecule has 1 N–H and O–H groups in total. The van der Waals surface area contributed by atoms with Crippen molar-refractivity contribution in [2.24, 2.45) is 5.92 Å². The number of nitrogens with one attached hydrogen (secondary N) is 1. The quantitative estimate of drug-likeness (QED) is 0.854. The third kappa shape index (κ3) is 3.39. The normalized spacial score (nSPS) is 22.8. The lowest BCUT2D eigenvalue weighted by molar-refractivity contribution is 0.141. The summed E-state index contributed by atoms with van der Waals surface area (Å²) in [6.07, 6.45) is 6.83. The molecule has 3 rings (SSSR count). The van der Waals surface area contributed by atoms with E-state index in [-0.39, 0.29) is 0 Å². The van der Waals surface area contributed by atoms with Crippen LogP contribution in [0.25, 0.3) is 0 Å². The highest BCUT2D eigenvalue weighted by Crippen LogP contribution is 2.38. The van der Waals surface area contributed by atoms with Gasteiger partial charge in [-0.1, -0.05) is 13.0 Å². The van der Waals surface area contributed by atoms with E-state index in [1.807, 2.05) is 11.3 Å². The van der Waals surface area contributed by atoms with Gasteiger partial charge in [-0.05, 0) is 62.6 Å². The third-order valence-corrected chi connectivity index (χ3v) is 5.58. The number of piperidine rings is 1. The molecule has 0 amide bonds. The summed E-state index contributed by atoms with van der Waals surface area (Å²) in [6, 6.07) is 6.08. The maximum absolute atomic E-state index is 3.49. The minimum absolute atomic E-state index is 0.669. The summed E-state index contributed by atoms with van der Waals surface area (Å²) in [4.78, 5) is 4.41.